The predicted octanol–water partition coefficient (Wildman–Crippen LogP) is 3.25. The van der Waals surface area contributed by atoms with Crippen molar-refractivity contribution >= 4 is 5.91 Å². The Labute approximate surface area is 120 Å². The Kier molecular flexibility index (Phi) is 3.68. The molecule has 2 fully saturated rings. The monoisotopic (exact) mass is 273 g/mol. The van der Waals surface area contributed by atoms with Crippen LogP contribution in [0.2, 0.25) is 0 Å². The summed E-state index contributed by atoms with van der Waals surface area (Å²) in [6.07, 6.45) is 5.44. The molecule has 1 amide bonds. The molecule has 0 saturated heterocycles. The van der Waals surface area contributed by atoms with Crippen LogP contribution in [0.3, 0.4) is 0 Å². The summed E-state index contributed by atoms with van der Waals surface area (Å²) in [7, 11) is 1.63. The maximum absolute atomic E-state index is 12.3. The number of hydrogen-bond donors (Lipinski definition) is 1. The van der Waals surface area contributed by atoms with E-state index in [4.69, 9.17) is 4.74 Å². The fraction of sp³-hybridized carbons (Fsp3) is 0.588. The second-order valence-corrected chi connectivity index (χ2v) is 6.33. The van der Waals surface area contributed by atoms with Crippen molar-refractivity contribution in [3.05, 3.63) is 29.8 Å². The summed E-state index contributed by atoms with van der Waals surface area (Å²) in [6, 6.07) is 7.58. The van der Waals surface area contributed by atoms with E-state index in [1.165, 1.54) is 25.7 Å². The van der Waals surface area contributed by atoms with E-state index in [0.717, 1.165) is 17.6 Å². The van der Waals surface area contributed by atoms with Crippen molar-refractivity contribution in [1.29, 1.82) is 0 Å². The minimum absolute atomic E-state index is 0.0305. The zero-order valence-electron chi connectivity index (χ0n) is 12.3. The van der Waals surface area contributed by atoms with E-state index in [-0.39, 0.29) is 11.9 Å². The molecule has 1 N–H and O–H groups in total. The minimum atomic E-state index is 0.0305. The topological polar surface area (TPSA) is 38.3 Å². The van der Waals surface area contributed by atoms with Gasteiger partial charge in [-0.1, -0.05) is 6.42 Å². The molecule has 2 bridgehead atoms. The lowest BCUT2D eigenvalue weighted by molar-refractivity contribution is 0.0915. The Balaban J connectivity index is 1.60. The molecule has 2 aliphatic carbocycles. The molecular formula is C17H23NO2. The Morgan fingerprint density at radius 3 is 2.55 bits per heavy atom. The van der Waals surface area contributed by atoms with Crippen LogP contribution < -0.4 is 10.1 Å². The maximum atomic E-state index is 12.3. The summed E-state index contributed by atoms with van der Waals surface area (Å²) in [6.45, 7) is 2.16. The summed E-state index contributed by atoms with van der Waals surface area (Å²) in [5.74, 6) is 3.25. The summed E-state index contributed by atoms with van der Waals surface area (Å²) in [4.78, 5) is 12.3. The first kappa shape index (κ1) is 13.5. The first-order valence-electron chi connectivity index (χ1n) is 7.62. The van der Waals surface area contributed by atoms with Crippen LogP contribution in [0.25, 0.3) is 0 Å². The third-order valence-corrected chi connectivity index (χ3v) is 5.15. The molecule has 1 aromatic carbocycles. The average molecular weight is 273 g/mol. The smallest absolute Gasteiger partial charge is 0.251 e. The average Bonchev–Trinajstić information content (AvgIpc) is 3.10. The van der Waals surface area contributed by atoms with Crippen molar-refractivity contribution in [1.82, 2.24) is 5.32 Å². The van der Waals surface area contributed by atoms with Gasteiger partial charge in [-0.15, -0.1) is 0 Å². The molecule has 2 saturated carbocycles. The first-order valence-corrected chi connectivity index (χ1v) is 7.62. The molecule has 3 nitrogen and oxygen atoms in total. The minimum Gasteiger partial charge on any atom is -0.497 e. The molecular weight excluding hydrogens is 250 g/mol. The summed E-state index contributed by atoms with van der Waals surface area (Å²) < 4.78 is 5.11. The molecule has 20 heavy (non-hydrogen) atoms. The SMILES string of the molecule is COc1ccc(C(=O)N[C@@H](C)[C@H]2C[C@H]3CC[C@H]2C3)cc1. The van der Waals surface area contributed by atoms with Gasteiger partial charge in [-0.25, -0.2) is 0 Å². The highest BCUT2D eigenvalue weighted by atomic mass is 16.5. The van der Waals surface area contributed by atoms with Crippen LogP contribution in [0.4, 0.5) is 0 Å². The number of amides is 1. The molecule has 0 radical (unpaired) electrons. The summed E-state index contributed by atoms with van der Waals surface area (Å²) in [5.41, 5.74) is 0.709. The van der Waals surface area contributed by atoms with Crippen molar-refractivity contribution in [2.24, 2.45) is 17.8 Å². The van der Waals surface area contributed by atoms with E-state index in [1.54, 1.807) is 7.11 Å². The van der Waals surface area contributed by atoms with Crippen molar-refractivity contribution in [2.75, 3.05) is 7.11 Å². The lowest BCUT2D eigenvalue weighted by Crippen LogP contribution is -2.40. The Bertz CT molecular complexity index is 482. The van der Waals surface area contributed by atoms with Crippen LogP contribution in [0, 0.1) is 17.8 Å². The van der Waals surface area contributed by atoms with Gasteiger partial charge in [0.05, 0.1) is 7.11 Å². The molecule has 3 heteroatoms. The highest BCUT2D eigenvalue weighted by molar-refractivity contribution is 5.94. The first-order chi connectivity index (χ1) is 9.67. The highest BCUT2D eigenvalue weighted by Crippen LogP contribution is 2.49. The van der Waals surface area contributed by atoms with Crippen LogP contribution in [-0.2, 0) is 0 Å². The van der Waals surface area contributed by atoms with E-state index in [0.29, 0.717) is 11.5 Å². The molecule has 3 rings (SSSR count). The number of rotatable bonds is 4. The van der Waals surface area contributed by atoms with Gasteiger partial charge < -0.3 is 10.1 Å². The number of ether oxygens (including phenoxy) is 1. The van der Waals surface area contributed by atoms with Crippen LogP contribution in [0.15, 0.2) is 24.3 Å². The zero-order valence-corrected chi connectivity index (χ0v) is 12.3. The number of carbonyl (C=O) groups excluding carboxylic acids is 1. The van der Waals surface area contributed by atoms with Gasteiger partial charge in [0, 0.05) is 11.6 Å². The van der Waals surface area contributed by atoms with E-state index in [2.05, 4.69) is 12.2 Å². The fourth-order valence-electron chi connectivity index (χ4n) is 4.05. The molecule has 0 unspecified atom stereocenters. The molecule has 0 spiro atoms. The van der Waals surface area contributed by atoms with Crippen molar-refractivity contribution < 1.29 is 9.53 Å². The number of carbonyl (C=O) groups is 1. The lowest BCUT2D eigenvalue weighted by atomic mass is 9.84. The molecule has 0 heterocycles. The van der Waals surface area contributed by atoms with Gasteiger partial charge in [0.2, 0.25) is 0 Å². The summed E-state index contributed by atoms with van der Waals surface area (Å²) in [5, 5.41) is 3.18. The van der Waals surface area contributed by atoms with Crippen LogP contribution in [0.5, 0.6) is 5.75 Å². The standard InChI is InChI=1S/C17H23NO2/c1-11(16-10-12-3-4-14(16)9-12)18-17(19)13-5-7-15(20-2)8-6-13/h5-8,11-12,14,16H,3-4,9-10H2,1-2H3,(H,18,19)/t11-,12-,14-,16+/m0/s1. The van der Waals surface area contributed by atoms with Crippen LogP contribution >= 0.6 is 0 Å². The van der Waals surface area contributed by atoms with Crippen LogP contribution in [0.1, 0.15) is 43.0 Å². The molecule has 4 atom stereocenters. The third kappa shape index (κ3) is 2.54. The van der Waals surface area contributed by atoms with E-state index < -0.39 is 0 Å². The highest BCUT2D eigenvalue weighted by Gasteiger charge is 2.42. The number of nitrogens with one attached hydrogen (secondary N) is 1. The summed E-state index contributed by atoms with van der Waals surface area (Å²) >= 11 is 0. The van der Waals surface area contributed by atoms with Gasteiger partial charge in [-0.3, -0.25) is 4.79 Å². The number of hydrogen-bond acceptors (Lipinski definition) is 2. The fourth-order valence-corrected chi connectivity index (χ4v) is 4.05. The van der Waals surface area contributed by atoms with E-state index >= 15 is 0 Å². The van der Waals surface area contributed by atoms with Gasteiger partial charge in [0.25, 0.3) is 5.91 Å². The normalized spacial score (nSPS) is 29.2. The van der Waals surface area contributed by atoms with Crippen molar-refractivity contribution in [2.45, 2.75) is 38.6 Å². The largest absolute Gasteiger partial charge is 0.497 e. The number of fused-ring (bicyclic) bond motifs is 2. The van der Waals surface area contributed by atoms with Gasteiger partial charge in [-0.2, -0.15) is 0 Å². The maximum Gasteiger partial charge on any atom is 0.251 e. The molecule has 2 aliphatic rings. The van der Waals surface area contributed by atoms with Gasteiger partial charge in [0.15, 0.2) is 0 Å². The second kappa shape index (κ2) is 5.47. The third-order valence-electron chi connectivity index (χ3n) is 5.15. The van der Waals surface area contributed by atoms with Gasteiger partial charge in [0.1, 0.15) is 5.75 Å². The Morgan fingerprint density at radius 1 is 1.25 bits per heavy atom. The Hall–Kier alpha value is -1.51. The predicted molar refractivity (Wildman–Crippen MR) is 78.9 cm³/mol. The zero-order chi connectivity index (χ0) is 14.1. The van der Waals surface area contributed by atoms with Crippen molar-refractivity contribution in [3.63, 3.8) is 0 Å². The van der Waals surface area contributed by atoms with E-state index in [1.807, 2.05) is 24.3 Å². The molecule has 0 aromatic heterocycles. The molecule has 1 aromatic rings. The Morgan fingerprint density at radius 2 is 2.00 bits per heavy atom. The molecule has 0 aliphatic heterocycles. The van der Waals surface area contributed by atoms with Gasteiger partial charge >= 0.3 is 0 Å². The number of methoxy groups -OCH3 is 1. The van der Waals surface area contributed by atoms with Crippen molar-refractivity contribution in [3.8, 4) is 5.75 Å². The van der Waals surface area contributed by atoms with Gasteiger partial charge in [-0.05, 0) is 68.2 Å². The second-order valence-electron chi connectivity index (χ2n) is 6.33. The quantitative estimate of drug-likeness (QED) is 0.914. The lowest BCUT2D eigenvalue weighted by Gasteiger charge is -2.28. The van der Waals surface area contributed by atoms with E-state index in [9.17, 15) is 4.79 Å². The van der Waals surface area contributed by atoms with Crippen LogP contribution in [-0.4, -0.2) is 19.1 Å². The number of benzene rings is 1. The molecule has 108 valence electrons.